The molecule has 0 aromatic heterocycles. The van der Waals surface area contributed by atoms with E-state index in [2.05, 4.69) is 0 Å². The van der Waals surface area contributed by atoms with Crippen molar-refractivity contribution in [2.45, 2.75) is 65.4 Å². The molecule has 1 aliphatic carbocycles. The molecule has 3 unspecified atom stereocenters. The Labute approximate surface area is 202 Å². The predicted molar refractivity (Wildman–Crippen MR) is 129 cm³/mol. The minimum absolute atomic E-state index is 0.0196. The van der Waals surface area contributed by atoms with Crippen LogP contribution in [0.1, 0.15) is 64.9 Å². The highest BCUT2D eigenvalue weighted by Gasteiger charge is 2.36. The molecule has 7 nitrogen and oxygen atoms in total. The molecule has 1 aromatic carbocycles. The monoisotopic (exact) mass is 471 g/mol. The second-order valence-corrected chi connectivity index (χ2v) is 9.01. The molecule has 7 heteroatoms. The van der Waals surface area contributed by atoms with Gasteiger partial charge in [-0.05, 0) is 68.7 Å². The first-order chi connectivity index (χ1) is 16.4. The van der Waals surface area contributed by atoms with E-state index >= 15 is 0 Å². The SMILES string of the molecule is CCOC(=O)/C(=C/c1ccc(OC(CC)C(=O)OCC)cc1)CC(=O)N1CC2CCCCC2C1. The Morgan fingerprint density at radius 2 is 1.59 bits per heavy atom. The van der Waals surface area contributed by atoms with Crippen LogP contribution >= 0.6 is 0 Å². The lowest BCUT2D eigenvalue weighted by atomic mass is 9.82. The Kier molecular flexibility index (Phi) is 9.54. The zero-order chi connectivity index (χ0) is 24.5. The van der Waals surface area contributed by atoms with Crippen molar-refractivity contribution in [3.63, 3.8) is 0 Å². The molecular weight excluding hydrogens is 434 g/mol. The number of hydrogen-bond acceptors (Lipinski definition) is 6. The van der Waals surface area contributed by atoms with Gasteiger partial charge in [-0.3, -0.25) is 4.79 Å². The standard InChI is InChI=1S/C27H37NO6/c1-4-24(27(31)33-6-3)34-23-13-11-19(12-14-23)15-22(26(30)32-5-2)16-25(29)28-17-20-9-7-8-10-21(20)18-28/h11-15,20-21,24H,4-10,16-18H2,1-3H3/b22-15+. The van der Waals surface area contributed by atoms with E-state index in [1.807, 2.05) is 11.8 Å². The van der Waals surface area contributed by atoms with Crippen LogP contribution in [-0.4, -0.2) is 55.2 Å². The first-order valence-electron chi connectivity index (χ1n) is 12.5. The van der Waals surface area contributed by atoms with Gasteiger partial charge in [-0.1, -0.05) is 31.9 Å². The summed E-state index contributed by atoms with van der Waals surface area (Å²) in [6, 6.07) is 7.07. The maximum absolute atomic E-state index is 13.0. The lowest BCUT2D eigenvalue weighted by molar-refractivity contribution is -0.151. The van der Waals surface area contributed by atoms with E-state index in [1.54, 1.807) is 44.2 Å². The smallest absolute Gasteiger partial charge is 0.347 e. The summed E-state index contributed by atoms with van der Waals surface area (Å²) in [5.74, 6) is 0.850. The van der Waals surface area contributed by atoms with E-state index in [4.69, 9.17) is 14.2 Å². The lowest BCUT2D eigenvalue weighted by Gasteiger charge is -2.22. The van der Waals surface area contributed by atoms with Crippen LogP contribution in [0.3, 0.4) is 0 Å². The van der Waals surface area contributed by atoms with E-state index in [9.17, 15) is 14.4 Å². The molecule has 1 aromatic rings. The average molecular weight is 472 g/mol. The lowest BCUT2D eigenvalue weighted by Crippen LogP contribution is -2.30. The van der Waals surface area contributed by atoms with Gasteiger partial charge in [0.2, 0.25) is 5.91 Å². The summed E-state index contributed by atoms with van der Waals surface area (Å²) in [5.41, 5.74) is 1.09. The summed E-state index contributed by atoms with van der Waals surface area (Å²) in [6.07, 6.45) is 6.43. The number of rotatable bonds is 10. The maximum atomic E-state index is 13.0. The third-order valence-corrected chi connectivity index (χ3v) is 6.63. The van der Waals surface area contributed by atoms with Crippen LogP contribution < -0.4 is 4.74 Å². The molecule has 186 valence electrons. The van der Waals surface area contributed by atoms with Crippen LogP contribution in [0.15, 0.2) is 29.8 Å². The molecule has 1 heterocycles. The normalized spacial score (nSPS) is 20.9. The van der Waals surface area contributed by atoms with E-state index < -0.39 is 12.1 Å². The van der Waals surface area contributed by atoms with E-state index in [1.165, 1.54) is 25.7 Å². The number of amides is 1. The topological polar surface area (TPSA) is 82.1 Å². The van der Waals surface area contributed by atoms with Crippen molar-refractivity contribution in [1.29, 1.82) is 0 Å². The molecule has 34 heavy (non-hydrogen) atoms. The molecule has 1 amide bonds. The van der Waals surface area contributed by atoms with Crippen molar-refractivity contribution in [2.24, 2.45) is 11.8 Å². The van der Waals surface area contributed by atoms with Crippen LogP contribution in [-0.2, 0) is 23.9 Å². The minimum atomic E-state index is -0.668. The Hall–Kier alpha value is -2.83. The summed E-state index contributed by atoms with van der Waals surface area (Å²) >= 11 is 0. The van der Waals surface area contributed by atoms with Gasteiger partial charge in [0.1, 0.15) is 5.75 Å². The summed E-state index contributed by atoms with van der Waals surface area (Å²) < 4.78 is 16.0. The van der Waals surface area contributed by atoms with Crippen LogP contribution in [0.5, 0.6) is 5.75 Å². The Bertz CT molecular complexity index is 864. The number of benzene rings is 1. The molecule has 1 aliphatic heterocycles. The average Bonchev–Trinajstić information content (AvgIpc) is 3.28. The fourth-order valence-electron chi connectivity index (χ4n) is 4.83. The van der Waals surface area contributed by atoms with Gasteiger partial charge in [0.25, 0.3) is 0 Å². The van der Waals surface area contributed by atoms with Gasteiger partial charge >= 0.3 is 11.9 Å². The summed E-state index contributed by atoms with van der Waals surface area (Å²) in [4.78, 5) is 39.5. The Balaban J connectivity index is 1.68. The molecular formula is C27H37NO6. The van der Waals surface area contributed by atoms with E-state index in [-0.39, 0.29) is 24.9 Å². The van der Waals surface area contributed by atoms with Gasteiger partial charge in [0, 0.05) is 18.7 Å². The fourth-order valence-corrected chi connectivity index (χ4v) is 4.83. The maximum Gasteiger partial charge on any atom is 0.347 e. The molecule has 1 saturated carbocycles. The first kappa shape index (κ1) is 25.8. The summed E-state index contributed by atoms with van der Waals surface area (Å²) in [7, 11) is 0. The number of ether oxygens (including phenoxy) is 3. The second kappa shape index (κ2) is 12.6. The largest absolute Gasteiger partial charge is 0.479 e. The quantitative estimate of drug-likeness (QED) is 0.372. The third-order valence-electron chi connectivity index (χ3n) is 6.63. The van der Waals surface area contributed by atoms with Gasteiger partial charge in [0.15, 0.2) is 6.10 Å². The van der Waals surface area contributed by atoms with Crippen molar-refractivity contribution in [3.05, 3.63) is 35.4 Å². The van der Waals surface area contributed by atoms with Crippen LogP contribution in [0, 0.1) is 11.8 Å². The predicted octanol–water partition coefficient (Wildman–Crippen LogP) is 4.39. The zero-order valence-electron chi connectivity index (χ0n) is 20.6. The third kappa shape index (κ3) is 6.84. The zero-order valence-corrected chi connectivity index (χ0v) is 20.6. The molecule has 0 radical (unpaired) electrons. The number of esters is 2. The highest BCUT2D eigenvalue weighted by atomic mass is 16.6. The van der Waals surface area contributed by atoms with Crippen molar-refractivity contribution in [1.82, 2.24) is 4.90 Å². The minimum Gasteiger partial charge on any atom is -0.479 e. The van der Waals surface area contributed by atoms with Gasteiger partial charge < -0.3 is 19.1 Å². The fraction of sp³-hybridized carbons (Fsp3) is 0.593. The van der Waals surface area contributed by atoms with E-state index in [0.717, 1.165) is 18.7 Å². The van der Waals surface area contributed by atoms with Crippen molar-refractivity contribution < 1.29 is 28.6 Å². The highest BCUT2D eigenvalue weighted by molar-refractivity contribution is 5.99. The molecule has 0 N–H and O–H groups in total. The van der Waals surface area contributed by atoms with Crippen LogP contribution in [0.25, 0.3) is 6.08 Å². The van der Waals surface area contributed by atoms with Crippen molar-refractivity contribution >= 4 is 23.9 Å². The Morgan fingerprint density at radius 3 is 2.15 bits per heavy atom. The number of carbonyl (C=O) groups is 3. The first-order valence-corrected chi connectivity index (χ1v) is 12.5. The van der Waals surface area contributed by atoms with Crippen LogP contribution in [0.2, 0.25) is 0 Å². The number of nitrogens with zero attached hydrogens (tertiary/aromatic N) is 1. The van der Waals surface area contributed by atoms with Crippen molar-refractivity contribution in [3.8, 4) is 5.75 Å². The van der Waals surface area contributed by atoms with Crippen molar-refractivity contribution in [2.75, 3.05) is 26.3 Å². The Morgan fingerprint density at radius 1 is 0.971 bits per heavy atom. The second-order valence-electron chi connectivity index (χ2n) is 9.01. The number of hydrogen-bond donors (Lipinski definition) is 0. The highest BCUT2D eigenvalue weighted by Crippen LogP contribution is 2.36. The number of fused-ring (bicyclic) bond motifs is 1. The molecule has 0 bridgehead atoms. The van der Waals surface area contributed by atoms with Gasteiger partial charge in [-0.25, -0.2) is 9.59 Å². The molecule has 2 aliphatic rings. The van der Waals surface area contributed by atoms with E-state index in [0.29, 0.717) is 36.2 Å². The molecule has 1 saturated heterocycles. The molecule has 0 spiro atoms. The summed E-state index contributed by atoms with van der Waals surface area (Å²) in [6.45, 7) is 7.51. The molecule has 3 atom stereocenters. The number of carbonyl (C=O) groups excluding carboxylic acids is 3. The molecule has 3 rings (SSSR count). The molecule has 2 fully saturated rings. The van der Waals surface area contributed by atoms with Crippen LogP contribution in [0.4, 0.5) is 0 Å². The number of likely N-dealkylation sites (tertiary alicyclic amines) is 1. The summed E-state index contributed by atoms with van der Waals surface area (Å²) in [5, 5.41) is 0. The van der Waals surface area contributed by atoms with Gasteiger partial charge in [0.05, 0.1) is 19.6 Å². The van der Waals surface area contributed by atoms with Gasteiger partial charge in [-0.2, -0.15) is 0 Å². The van der Waals surface area contributed by atoms with Gasteiger partial charge in [-0.15, -0.1) is 0 Å².